The lowest BCUT2D eigenvalue weighted by atomic mass is 10.1. The van der Waals surface area contributed by atoms with Gasteiger partial charge in [-0.1, -0.05) is 42.0 Å². The van der Waals surface area contributed by atoms with Gasteiger partial charge in [0.1, 0.15) is 5.75 Å². The van der Waals surface area contributed by atoms with Crippen molar-refractivity contribution in [2.75, 3.05) is 6.61 Å². The van der Waals surface area contributed by atoms with Gasteiger partial charge in [0.05, 0.1) is 12.5 Å². The van der Waals surface area contributed by atoms with Gasteiger partial charge < -0.3 is 4.74 Å². The van der Waals surface area contributed by atoms with Crippen molar-refractivity contribution in [2.24, 2.45) is 0 Å². The van der Waals surface area contributed by atoms with E-state index in [1.165, 1.54) is 0 Å². The Morgan fingerprint density at radius 3 is 2.35 bits per heavy atom. The molecule has 0 heterocycles. The molecule has 0 N–H and O–H groups in total. The van der Waals surface area contributed by atoms with Crippen LogP contribution in [0.5, 0.6) is 5.75 Å². The van der Waals surface area contributed by atoms with Crippen LogP contribution >= 0.6 is 0 Å². The van der Waals surface area contributed by atoms with Crippen molar-refractivity contribution in [1.82, 2.24) is 0 Å². The van der Waals surface area contributed by atoms with E-state index in [1.807, 2.05) is 31.2 Å². The average molecular weight is 265 g/mol. The molecule has 0 aromatic heterocycles. The number of nitriles is 1. The van der Waals surface area contributed by atoms with E-state index in [-0.39, 0.29) is 12.4 Å². The molecule has 2 aromatic rings. The van der Waals surface area contributed by atoms with Crippen molar-refractivity contribution in [2.45, 2.75) is 13.3 Å². The predicted octanol–water partition coefficient (Wildman–Crippen LogP) is 3.32. The van der Waals surface area contributed by atoms with E-state index in [0.29, 0.717) is 17.7 Å². The van der Waals surface area contributed by atoms with Gasteiger partial charge in [-0.3, -0.25) is 4.79 Å². The number of carbonyl (C=O) groups excluding carboxylic acids is 1. The standard InChI is InChI=1S/C17H15NO2/c1-13-2-6-15(7-3-13)17(19)12-20-16-8-4-14(5-9-16)10-11-18/h2-9H,10,12H2,1H3. The van der Waals surface area contributed by atoms with Crippen molar-refractivity contribution in [1.29, 1.82) is 5.26 Å². The second-order valence-corrected chi connectivity index (χ2v) is 4.56. The molecule has 0 saturated heterocycles. The Kier molecular flexibility index (Phi) is 4.52. The zero-order valence-electron chi connectivity index (χ0n) is 11.3. The van der Waals surface area contributed by atoms with Gasteiger partial charge in [0.2, 0.25) is 0 Å². The van der Waals surface area contributed by atoms with Crippen molar-refractivity contribution in [3.63, 3.8) is 0 Å². The van der Waals surface area contributed by atoms with Gasteiger partial charge in [-0.15, -0.1) is 0 Å². The zero-order valence-corrected chi connectivity index (χ0v) is 11.3. The first-order valence-corrected chi connectivity index (χ1v) is 6.37. The second kappa shape index (κ2) is 6.53. The first-order valence-electron chi connectivity index (χ1n) is 6.37. The molecule has 20 heavy (non-hydrogen) atoms. The van der Waals surface area contributed by atoms with Crippen LogP contribution in [0.15, 0.2) is 48.5 Å². The van der Waals surface area contributed by atoms with E-state index < -0.39 is 0 Å². The maximum absolute atomic E-state index is 11.9. The van der Waals surface area contributed by atoms with Crippen LogP contribution < -0.4 is 4.74 Å². The van der Waals surface area contributed by atoms with E-state index in [1.54, 1.807) is 24.3 Å². The van der Waals surface area contributed by atoms with Crippen LogP contribution in [0.1, 0.15) is 21.5 Å². The number of aryl methyl sites for hydroxylation is 1. The molecule has 0 spiro atoms. The smallest absolute Gasteiger partial charge is 0.200 e. The number of ether oxygens (including phenoxy) is 1. The molecular formula is C17H15NO2. The molecule has 2 aromatic carbocycles. The first-order chi connectivity index (χ1) is 9.69. The summed E-state index contributed by atoms with van der Waals surface area (Å²) in [5, 5.41) is 8.58. The van der Waals surface area contributed by atoms with Gasteiger partial charge >= 0.3 is 0 Å². The summed E-state index contributed by atoms with van der Waals surface area (Å²) in [4.78, 5) is 11.9. The topological polar surface area (TPSA) is 50.1 Å². The summed E-state index contributed by atoms with van der Waals surface area (Å²) in [5.74, 6) is 0.582. The van der Waals surface area contributed by atoms with Gasteiger partial charge in [-0.25, -0.2) is 0 Å². The Morgan fingerprint density at radius 1 is 1.10 bits per heavy atom. The zero-order chi connectivity index (χ0) is 14.4. The number of nitrogens with zero attached hydrogens (tertiary/aromatic N) is 1. The number of hydrogen-bond donors (Lipinski definition) is 0. The lowest BCUT2D eigenvalue weighted by Gasteiger charge is -2.06. The largest absolute Gasteiger partial charge is 0.485 e. The number of rotatable bonds is 5. The van der Waals surface area contributed by atoms with Crippen LogP contribution in [-0.4, -0.2) is 12.4 Å². The quantitative estimate of drug-likeness (QED) is 0.779. The minimum atomic E-state index is -0.0499. The van der Waals surface area contributed by atoms with Crippen LogP contribution in [0.25, 0.3) is 0 Å². The predicted molar refractivity (Wildman–Crippen MR) is 76.8 cm³/mol. The van der Waals surface area contributed by atoms with Crippen molar-refractivity contribution in [3.05, 3.63) is 65.2 Å². The van der Waals surface area contributed by atoms with Crippen LogP contribution in [0.2, 0.25) is 0 Å². The van der Waals surface area contributed by atoms with E-state index in [9.17, 15) is 4.79 Å². The summed E-state index contributed by atoms with van der Waals surface area (Å²) in [6.07, 6.45) is 0.378. The molecule has 0 atom stereocenters. The van der Waals surface area contributed by atoms with Gasteiger partial charge in [-0.2, -0.15) is 5.26 Å². The highest BCUT2D eigenvalue weighted by atomic mass is 16.5. The number of ketones is 1. The molecule has 0 fully saturated rings. The molecule has 0 amide bonds. The molecule has 0 unspecified atom stereocenters. The maximum Gasteiger partial charge on any atom is 0.200 e. The van der Waals surface area contributed by atoms with E-state index in [4.69, 9.17) is 10.00 Å². The number of Topliss-reactive ketones (excluding diaryl/α,β-unsaturated/α-hetero) is 1. The third-order valence-electron chi connectivity index (χ3n) is 2.95. The molecule has 0 radical (unpaired) electrons. The Labute approximate surface area is 118 Å². The molecule has 0 bridgehead atoms. The number of carbonyl (C=O) groups is 1. The first kappa shape index (κ1) is 13.8. The van der Waals surface area contributed by atoms with E-state index >= 15 is 0 Å². The number of hydrogen-bond acceptors (Lipinski definition) is 3. The fourth-order valence-corrected chi connectivity index (χ4v) is 1.77. The Hall–Kier alpha value is -2.60. The SMILES string of the molecule is Cc1ccc(C(=O)COc2ccc(CC#N)cc2)cc1. The van der Waals surface area contributed by atoms with Gasteiger partial charge in [-0.05, 0) is 24.6 Å². The van der Waals surface area contributed by atoms with Crippen molar-refractivity contribution < 1.29 is 9.53 Å². The molecule has 0 aliphatic carbocycles. The van der Waals surface area contributed by atoms with Crippen molar-refractivity contribution in [3.8, 4) is 11.8 Å². The molecule has 0 aliphatic heterocycles. The lowest BCUT2D eigenvalue weighted by molar-refractivity contribution is 0.0921. The van der Waals surface area contributed by atoms with Gasteiger partial charge in [0.25, 0.3) is 0 Å². The Balaban J connectivity index is 1.93. The monoisotopic (exact) mass is 265 g/mol. The molecule has 0 saturated carbocycles. The summed E-state index contributed by atoms with van der Waals surface area (Å²) in [6.45, 7) is 1.99. The highest BCUT2D eigenvalue weighted by Gasteiger charge is 2.06. The fraction of sp³-hybridized carbons (Fsp3) is 0.176. The molecular weight excluding hydrogens is 250 g/mol. The summed E-state index contributed by atoms with van der Waals surface area (Å²) < 4.78 is 5.45. The maximum atomic E-state index is 11.9. The van der Waals surface area contributed by atoms with Gasteiger partial charge in [0, 0.05) is 5.56 Å². The minimum Gasteiger partial charge on any atom is -0.485 e. The summed E-state index contributed by atoms with van der Waals surface area (Å²) >= 11 is 0. The van der Waals surface area contributed by atoms with Crippen LogP contribution in [0, 0.1) is 18.3 Å². The van der Waals surface area contributed by atoms with Crippen LogP contribution in [-0.2, 0) is 6.42 Å². The normalized spacial score (nSPS) is 9.80. The summed E-state index contributed by atoms with van der Waals surface area (Å²) in [5.41, 5.74) is 2.71. The van der Waals surface area contributed by atoms with E-state index in [0.717, 1.165) is 11.1 Å². The average Bonchev–Trinajstić information content (AvgIpc) is 2.47. The summed E-state index contributed by atoms with van der Waals surface area (Å²) in [7, 11) is 0. The second-order valence-electron chi connectivity index (χ2n) is 4.56. The molecule has 0 aliphatic rings. The lowest BCUT2D eigenvalue weighted by Crippen LogP contribution is -2.11. The molecule has 2 rings (SSSR count). The Bertz CT molecular complexity index is 622. The highest BCUT2D eigenvalue weighted by Crippen LogP contribution is 2.13. The van der Waals surface area contributed by atoms with Crippen LogP contribution in [0.3, 0.4) is 0 Å². The fourth-order valence-electron chi connectivity index (χ4n) is 1.77. The Morgan fingerprint density at radius 2 is 1.75 bits per heavy atom. The third kappa shape index (κ3) is 3.69. The third-order valence-corrected chi connectivity index (χ3v) is 2.95. The number of benzene rings is 2. The molecule has 3 nitrogen and oxygen atoms in total. The summed E-state index contributed by atoms with van der Waals surface area (Å²) in [6, 6.07) is 16.7. The van der Waals surface area contributed by atoms with E-state index in [2.05, 4.69) is 6.07 Å². The highest BCUT2D eigenvalue weighted by molar-refractivity contribution is 5.97. The van der Waals surface area contributed by atoms with Gasteiger partial charge in [0.15, 0.2) is 12.4 Å². The van der Waals surface area contributed by atoms with Crippen molar-refractivity contribution >= 4 is 5.78 Å². The molecule has 100 valence electrons. The van der Waals surface area contributed by atoms with Crippen LogP contribution in [0.4, 0.5) is 0 Å². The minimum absolute atomic E-state index is 0.0145. The molecule has 3 heteroatoms.